The number of fused-ring (bicyclic) bond motifs is 1. The Morgan fingerprint density at radius 3 is 2.95 bits per heavy atom. The van der Waals surface area contributed by atoms with Crippen LogP contribution in [0, 0.1) is 6.92 Å². The zero-order chi connectivity index (χ0) is 14.5. The molecule has 2 rings (SSSR count). The van der Waals surface area contributed by atoms with Crippen molar-refractivity contribution in [1.82, 2.24) is 10.3 Å². The fourth-order valence-corrected chi connectivity index (χ4v) is 1.98. The van der Waals surface area contributed by atoms with Crippen LogP contribution in [0.5, 0.6) is 0 Å². The number of aryl methyl sites for hydroxylation is 1. The van der Waals surface area contributed by atoms with Gasteiger partial charge in [-0.3, -0.25) is 4.79 Å². The first kappa shape index (κ1) is 14.5. The summed E-state index contributed by atoms with van der Waals surface area (Å²) in [4.78, 5) is 16.1. The molecule has 5 nitrogen and oxygen atoms in total. The molecule has 0 radical (unpaired) electrons. The number of hydrogen-bond acceptors (Lipinski definition) is 4. The van der Waals surface area contributed by atoms with Crippen LogP contribution in [0.4, 0.5) is 5.69 Å². The summed E-state index contributed by atoms with van der Waals surface area (Å²) in [6, 6.07) is 5.94. The monoisotopic (exact) mass is 275 g/mol. The molecule has 0 aliphatic rings. The topological polar surface area (TPSA) is 67.2 Å². The van der Waals surface area contributed by atoms with Crippen LogP contribution in [-0.2, 0) is 4.79 Å². The maximum Gasteiger partial charge on any atom is 0.224 e. The molecule has 0 atom stereocenters. The molecule has 2 N–H and O–H groups in total. The lowest BCUT2D eigenvalue weighted by molar-refractivity contribution is -0.116. The third-order valence-electron chi connectivity index (χ3n) is 2.91. The molecule has 108 valence electrons. The van der Waals surface area contributed by atoms with Crippen LogP contribution in [0.25, 0.3) is 11.1 Å². The van der Waals surface area contributed by atoms with E-state index >= 15 is 0 Å². The van der Waals surface area contributed by atoms with Crippen molar-refractivity contribution < 1.29 is 9.21 Å². The van der Waals surface area contributed by atoms with E-state index in [-0.39, 0.29) is 5.91 Å². The van der Waals surface area contributed by atoms with Gasteiger partial charge in [-0.05, 0) is 31.2 Å². The second-order valence-electron chi connectivity index (χ2n) is 5.18. The summed E-state index contributed by atoms with van der Waals surface area (Å²) < 4.78 is 5.40. The highest BCUT2D eigenvalue weighted by Crippen LogP contribution is 2.19. The second-order valence-corrected chi connectivity index (χ2v) is 5.18. The van der Waals surface area contributed by atoms with Crippen molar-refractivity contribution >= 4 is 22.7 Å². The minimum Gasteiger partial charge on any atom is -0.441 e. The van der Waals surface area contributed by atoms with Gasteiger partial charge in [-0.25, -0.2) is 4.98 Å². The van der Waals surface area contributed by atoms with Gasteiger partial charge in [0.15, 0.2) is 11.5 Å². The normalized spacial score (nSPS) is 11.2. The number of anilines is 1. The largest absolute Gasteiger partial charge is 0.441 e. The van der Waals surface area contributed by atoms with Gasteiger partial charge in [0.25, 0.3) is 0 Å². The van der Waals surface area contributed by atoms with E-state index in [2.05, 4.69) is 29.5 Å². The molecule has 2 aromatic rings. The molecule has 1 aromatic carbocycles. The molecule has 0 aliphatic carbocycles. The van der Waals surface area contributed by atoms with Gasteiger partial charge in [0.05, 0.1) is 0 Å². The maximum absolute atomic E-state index is 11.8. The smallest absolute Gasteiger partial charge is 0.224 e. The van der Waals surface area contributed by atoms with Crippen LogP contribution in [0.1, 0.15) is 32.6 Å². The second kappa shape index (κ2) is 6.52. The molecule has 5 heteroatoms. The van der Waals surface area contributed by atoms with Gasteiger partial charge in [-0.15, -0.1) is 0 Å². The van der Waals surface area contributed by atoms with Crippen LogP contribution in [0.3, 0.4) is 0 Å². The van der Waals surface area contributed by atoms with E-state index in [4.69, 9.17) is 4.42 Å². The van der Waals surface area contributed by atoms with Crippen LogP contribution < -0.4 is 10.6 Å². The average molecular weight is 275 g/mol. The third kappa shape index (κ3) is 4.06. The van der Waals surface area contributed by atoms with Gasteiger partial charge >= 0.3 is 0 Å². The van der Waals surface area contributed by atoms with E-state index in [1.165, 1.54) is 0 Å². The minimum absolute atomic E-state index is 0.0233. The van der Waals surface area contributed by atoms with Crippen molar-refractivity contribution in [2.24, 2.45) is 0 Å². The zero-order valence-electron chi connectivity index (χ0n) is 12.2. The summed E-state index contributed by atoms with van der Waals surface area (Å²) in [5, 5.41) is 6.17. The number of nitrogens with zero attached hydrogens (tertiary/aromatic N) is 1. The van der Waals surface area contributed by atoms with Gasteiger partial charge in [-0.1, -0.05) is 13.8 Å². The van der Waals surface area contributed by atoms with Crippen molar-refractivity contribution in [3.8, 4) is 0 Å². The van der Waals surface area contributed by atoms with Gasteiger partial charge in [0.1, 0.15) is 5.52 Å². The highest BCUT2D eigenvalue weighted by molar-refractivity contribution is 5.92. The fourth-order valence-electron chi connectivity index (χ4n) is 1.98. The molecule has 1 heterocycles. The number of carbonyl (C=O) groups is 1. The lowest BCUT2D eigenvalue weighted by Gasteiger charge is -2.08. The standard InChI is InChI=1S/C15H21N3O2/c1-10(2)16-8-4-5-15(19)18-12-6-7-14-13(9-12)17-11(3)20-14/h6-7,9-10,16H,4-5,8H2,1-3H3,(H,18,19). The summed E-state index contributed by atoms with van der Waals surface area (Å²) >= 11 is 0. The summed E-state index contributed by atoms with van der Waals surface area (Å²) in [7, 11) is 0. The highest BCUT2D eigenvalue weighted by Gasteiger charge is 2.06. The quantitative estimate of drug-likeness (QED) is 0.795. The molecule has 1 aromatic heterocycles. The first-order chi connectivity index (χ1) is 9.54. The Bertz CT molecular complexity index is 590. The van der Waals surface area contributed by atoms with Gasteiger partial charge in [0, 0.05) is 25.1 Å². The molecule has 0 fully saturated rings. The highest BCUT2D eigenvalue weighted by atomic mass is 16.3. The summed E-state index contributed by atoms with van der Waals surface area (Å²) in [6.07, 6.45) is 1.34. The number of oxazole rings is 1. The molecular weight excluding hydrogens is 254 g/mol. The molecule has 1 amide bonds. The number of amides is 1. The van der Waals surface area contributed by atoms with E-state index in [0.717, 1.165) is 29.8 Å². The van der Waals surface area contributed by atoms with E-state index in [1.807, 2.05) is 18.2 Å². The number of nitrogens with one attached hydrogen (secondary N) is 2. The molecule has 0 saturated carbocycles. The number of carbonyl (C=O) groups excluding carboxylic acids is 1. The van der Waals surface area contributed by atoms with Crippen LogP contribution >= 0.6 is 0 Å². The van der Waals surface area contributed by atoms with Crippen molar-refractivity contribution in [3.05, 3.63) is 24.1 Å². The summed E-state index contributed by atoms with van der Waals surface area (Å²) in [6.45, 7) is 6.84. The summed E-state index contributed by atoms with van der Waals surface area (Å²) in [5.41, 5.74) is 2.26. The molecule has 20 heavy (non-hydrogen) atoms. The molecule has 0 aliphatic heterocycles. The maximum atomic E-state index is 11.8. The van der Waals surface area contributed by atoms with E-state index in [0.29, 0.717) is 18.4 Å². The molecule has 0 bridgehead atoms. The predicted molar refractivity (Wildman–Crippen MR) is 79.7 cm³/mol. The van der Waals surface area contributed by atoms with Crippen molar-refractivity contribution in [2.45, 2.75) is 39.7 Å². The third-order valence-corrected chi connectivity index (χ3v) is 2.91. The Balaban J connectivity index is 1.86. The molecule has 0 saturated heterocycles. The summed E-state index contributed by atoms with van der Waals surface area (Å²) in [5.74, 6) is 0.651. The Hall–Kier alpha value is -1.88. The zero-order valence-corrected chi connectivity index (χ0v) is 12.2. The van der Waals surface area contributed by atoms with Gasteiger partial charge in [-0.2, -0.15) is 0 Å². The Morgan fingerprint density at radius 1 is 1.40 bits per heavy atom. The Labute approximate surface area is 118 Å². The Morgan fingerprint density at radius 2 is 2.20 bits per heavy atom. The van der Waals surface area contributed by atoms with Gasteiger partial charge in [0.2, 0.25) is 5.91 Å². The predicted octanol–water partition coefficient (Wildman–Crippen LogP) is 2.85. The van der Waals surface area contributed by atoms with Crippen LogP contribution in [0.15, 0.2) is 22.6 Å². The number of hydrogen-bond donors (Lipinski definition) is 2. The number of aromatic nitrogens is 1. The first-order valence-corrected chi connectivity index (χ1v) is 6.95. The molecule has 0 unspecified atom stereocenters. The number of benzene rings is 1. The van der Waals surface area contributed by atoms with Crippen molar-refractivity contribution in [1.29, 1.82) is 0 Å². The van der Waals surface area contributed by atoms with E-state index in [9.17, 15) is 4.79 Å². The minimum atomic E-state index is 0.0233. The van der Waals surface area contributed by atoms with Gasteiger partial charge < -0.3 is 15.1 Å². The number of rotatable bonds is 6. The molecule has 0 spiro atoms. The van der Waals surface area contributed by atoms with Crippen LogP contribution in [-0.4, -0.2) is 23.5 Å². The Kier molecular flexibility index (Phi) is 4.74. The molecular formula is C15H21N3O2. The first-order valence-electron chi connectivity index (χ1n) is 6.95. The lowest BCUT2D eigenvalue weighted by Crippen LogP contribution is -2.24. The van der Waals surface area contributed by atoms with Crippen molar-refractivity contribution in [3.63, 3.8) is 0 Å². The average Bonchev–Trinajstić information content (AvgIpc) is 2.74. The van der Waals surface area contributed by atoms with Crippen LogP contribution in [0.2, 0.25) is 0 Å². The fraction of sp³-hybridized carbons (Fsp3) is 0.467. The van der Waals surface area contributed by atoms with E-state index in [1.54, 1.807) is 6.92 Å². The SMILES string of the molecule is Cc1nc2cc(NC(=O)CCCNC(C)C)ccc2o1. The van der Waals surface area contributed by atoms with E-state index < -0.39 is 0 Å². The van der Waals surface area contributed by atoms with Crippen molar-refractivity contribution in [2.75, 3.05) is 11.9 Å². The lowest BCUT2D eigenvalue weighted by atomic mass is 10.2.